The van der Waals surface area contributed by atoms with Gasteiger partial charge >= 0.3 is 0 Å². The zero-order valence-electron chi connectivity index (χ0n) is 11.5. The average molecular weight is 251 g/mol. The summed E-state index contributed by atoms with van der Waals surface area (Å²) in [5.41, 5.74) is 2.57. The highest BCUT2D eigenvalue weighted by Gasteiger charge is 2.16. The van der Waals surface area contributed by atoms with E-state index in [-0.39, 0.29) is 12.5 Å². The number of aryl methyl sites for hydroxylation is 2. The fourth-order valence-corrected chi connectivity index (χ4v) is 1.83. The summed E-state index contributed by atoms with van der Waals surface area (Å²) in [6.07, 6.45) is 0. The van der Waals surface area contributed by atoms with Crippen molar-refractivity contribution in [1.82, 2.24) is 4.90 Å². The van der Waals surface area contributed by atoms with E-state index in [0.29, 0.717) is 18.7 Å². The number of benzene rings is 1. The maximum absolute atomic E-state index is 12.2. The van der Waals surface area contributed by atoms with Crippen LogP contribution in [0.15, 0.2) is 12.1 Å². The molecule has 0 aliphatic heterocycles. The van der Waals surface area contributed by atoms with Crippen molar-refractivity contribution in [2.24, 2.45) is 0 Å². The van der Waals surface area contributed by atoms with Crippen LogP contribution in [0.4, 0.5) is 0 Å². The summed E-state index contributed by atoms with van der Waals surface area (Å²) in [4.78, 5) is 13.7. The Labute approximate surface area is 108 Å². The van der Waals surface area contributed by atoms with Gasteiger partial charge in [0.1, 0.15) is 5.75 Å². The lowest BCUT2D eigenvalue weighted by Gasteiger charge is -2.18. The Morgan fingerprint density at radius 2 is 2.00 bits per heavy atom. The van der Waals surface area contributed by atoms with Crippen LogP contribution in [0.3, 0.4) is 0 Å². The van der Waals surface area contributed by atoms with Gasteiger partial charge in [0.15, 0.2) is 0 Å². The third-order valence-corrected chi connectivity index (χ3v) is 2.83. The fourth-order valence-electron chi connectivity index (χ4n) is 1.83. The molecule has 18 heavy (non-hydrogen) atoms. The third kappa shape index (κ3) is 3.23. The predicted molar refractivity (Wildman–Crippen MR) is 71.1 cm³/mol. The minimum Gasteiger partial charge on any atom is -0.494 e. The molecule has 0 radical (unpaired) electrons. The molecule has 1 aromatic rings. The number of ether oxygens (including phenoxy) is 1. The van der Waals surface area contributed by atoms with Crippen molar-refractivity contribution in [3.8, 4) is 5.75 Å². The monoisotopic (exact) mass is 251 g/mol. The molecule has 1 amide bonds. The van der Waals surface area contributed by atoms with E-state index in [2.05, 4.69) is 0 Å². The Balaban J connectivity index is 3.07. The van der Waals surface area contributed by atoms with E-state index in [0.717, 1.165) is 16.9 Å². The number of amides is 1. The smallest absolute Gasteiger partial charge is 0.254 e. The van der Waals surface area contributed by atoms with E-state index in [4.69, 9.17) is 9.84 Å². The van der Waals surface area contributed by atoms with E-state index >= 15 is 0 Å². The molecule has 0 fully saturated rings. The molecule has 100 valence electrons. The molecule has 0 unspecified atom stereocenters. The molecule has 0 aliphatic carbocycles. The molecule has 1 aromatic carbocycles. The molecule has 0 aromatic heterocycles. The van der Waals surface area contributed by atoms with Crippen molar-refractivity contribution >= 4 is 5.91 Å². The lowest BCUT2D eigenvalue weighted by Crippen LogP contribution is -2.30. The molecule has 0 bridgehead atoms. The first-order chi connectivity index (χ1) is 8.51. The molecule has 1 N–H and O–H groups in total. The van der Waals surface area contributed by atoms with Gasteiger partial charge in [-0.05, 0) is 38.0 Å². The fraction of sp³-hybridized carbons (Fsp3) is 0.500. The van der Waals surface area contributed by atoms with Gasteiger partial charge in [-0.2, -0.15) is 0 Å². The van der Waals surface area contributed by atoms with E-state index in [1.165, 1.54) is 4.90 Å². The van der Waals surface area contributed by atoms with Crippen LogP contribution in [-0.4, -0.2) is 42.7 Å². The van der Waals surface area contributed by atoms with E-state index in [1.807, 2.05) is 26.8 Å². The summed E-state index contributed by atoms with van der Waals surface area (Å²) in [6.45, 7) is 6.65. The van der Waals surface area contributed by atoms with Crippen LogP contribution in [0.5, 0.6) is 5.75 Å². The molecular weight excluding hydrogens is 230 g/mol. The van der Waals surface area contributed by atoms with Gasteiger partial charge in [0, 0.05) is 19.2 Å². The second-order valence-electron chi connectivity index (χ2n) is 4.32. The van der Waals surface area contributed by atoms with Crippen molar-refractivity contribution in [2.75, 3.05) is 26.8 Å². The number of aliphatic hydroxyl groups is 1. The van der Waals surface area contributed by atoms with Gasteiger partial charge in [0.25, 0.3) is 5.91 Å². The topological polar surface area (TPSA) is 49.8 Å². The second kappa shape index (κ2) is 6.40. The maximum Gasteiger partial charge on any atom is 0.254 e. The Morgan fingerprint density at radius 3 is 2.56 bits per heavy atom. The van der Waals surface area contributed by atoms with Crippen LogP contribution in [0.25, 0.3) is 0 Å². The highest BCUT2D eigenvalue weighted by molar-refractivity contribution is 5.96. The van der Waals surface area contributed by atoms with Crippen LogP contribution >= 0.6 is 0 Å². The van der Waals surface area contributed by atoms with E-state index < -0.39 is 0 Å². The minimum atomic E-state index is -0.0949. The number of likely N-dealkylation sites (N-methyl/N-ethyl adjacent to an activating group) is 1. The first kappa shape index (κ1) is 14.5. The summed E-state index contributed by atoms with van der Waals surface area (Å²) < 4.78 is 5.50. The summed E-state index contributed by atoms with van der Waals surface area (Å²) in [6, 6.07) is 3.73. The van der Waals surface area contributed by atoms with Crippen LogP contribution < -0.4 is 4.74 Å². The predicted octanol–water partition coefficient (Wildman–Crippen LogP) is 1.77. The minimum absolute atomic E-state index is 0.0362. The summed E-state index contributed by atoms with van der Waals surface area (Å²) in [7, 11) is 1.68. The zero-order valence-corrected chi connectivity index (χ0v) is 11.5. The van der Waals surface area contributed by atoms with Crippen LogP contribution in [0.2, 0.25) is 0 Å². The number of hydrogen-bond donors (Lipinski definition) is 1. The van der Waals surface area contributed by atoms with Crippen molar-refractivity contribution in [2.45, 2.75) is 20.8 Å². The highest BCUT2D eigenvalue weighted by Crippen LogP contribution is 2.23. The normalized spacial score (nSPS) is 10.3. The van der Waals surface area contributed by atoms with Crippen molar-refractivity contribution in [3.63, 3.8) is 0 Å². The van der Waals surface area contributed by atoms with Crippen LogP contribution in [-0.2, 0) is 0 Å². The molecule has 0 spiro atoms. The quantitative estimate of drug-likeness (QED) is 0.867. The second-order valence-corrected chi connectivity index (χ2v) is 4.32. The molecule has 1 rings (SSSR count). The van der Waals surface area contributed by atoms with Crippen LogP contribution in [0.1, 0.15) is 28.4 Å². The molecule has 0 saturated carbocycles. The Hall–Kier alpha value is -1.55. The third-order valence-electron chi connectivity index (χ3n) is 2.83. The van der Waals surface area contributed by atoms with Crippen molar-refractivity contribution in [1.29, 1.82) is 0 Å². The number of carbonyl (C=O) groups is 1. The molecular formula is C14H21NO3. The van der Waals surface area contributed by atoms with Gasteiger partial charge in [0.2, 0.25) is 0 Å². The molecule has 0 saturated heterocycles. The summed E-state index contributed by atoms with van der Waals surface area (Å²) in [5, 5.41) is 8.87. The number of carbonyl (C=O) groups excluding carboxylic acids is 1. The Kier molecular flexibility index (Phi) is 5.16. The molecule has 0 heterocycles. The van der Waals surface area contributed by atoms with Gasteiger partial charge in [-0.15, -0.1) is 0 Å². The summed E-state index contributed by atoms with van der Waals surface area (Å²) >= 11 is 0. The van der Waals surface area contributed by atoms with Gasteiger partial charge in [-0.3, -0.25) is 4.79 Å². The summed E-state index contributed by atoms with van der Waals surface area (Å²) in [5.74, 6) is 0.645. The first-order valence-corrected chi connectivity index (χ1v) is 6.11. The van der Waals surface area contributed by atoms with Gasteiger partial charge in [-0.25, -0.2) is 0 Å². The molecule has 0 atom stereocenters. The van der Waals surface area contributed by atoms with Gasteiger partial charge in [0.05, 0.1) is 13.2 Å². The molecule has 0 aliphatic rings. The maximum atomic E-state index is 12.2. The first-order valence-electron chi connectivity index (χ1n) is 6.11. The highest BCUT2D eigenvalue weighted by atomic mass is 16.5. The standard InChI is InChI=1S/C14H21NO3/c1-5-18-13-9-12(10(2)8-11(13)3)14(17)15(4)6-7-16/h8-9,16H,5-7H2,1-4H3. The number of rotatable bonds is 5. The van der Waals surface area contributed by atoms with E-state index in [1.54, 1.807) is 13.1 Å². The lowest BCUT2D eigenvalue weighted by atomic mass is 10.0. The van der Waals surface area contributed by atoms with Crippen molar-refractivity contribution in [3.05, 3.63) is 28.8 Å². The number of aliphatic hydroxyl groups excluding tert-OH is 1. The number of hydrogen-bond acceptors (Lipinski definition) is 3. The van der Waals surface area contributed by atoms with Gasteiger partial charge in [-0.1, -0.05) is 6.07 Å². The van der Waals surface area contributed by atoms with Crippen LogP contribution in [0, 0.1) is 13.8 Å². The average Bonchev–Trinajstić information content (AvgIpc) is 2.32. The van der Waals surface area contributed by atoms with Crippen molar-refractivity contribution < 1.29 is 14.6 Å². The molecule has 4 heteroatoms. The molecule has 4 nitrogen and oxygen atoms in total. The Morgan fingerprint density at radius 1 is 1.33 bits per heavy atom. The van der Waals surface area contributed by atoms with Gasteiger partial charge < -0.3 is 14.7 Å². The van der Waals surface area contributed by atoms with E-state index in [9.17, 15) is 4.79 Å². The SMILES string of the molecule is CCOc1cc(C(=O)N(C)CCO)c(C)cc1C. The largest absolute Gasteiger partial charge is 0.494 e. The zero-order chi connectivity index (χ0) is 13.7. The Bertz CT molecular complexity index is 429. The number of nitrogens with zero attached hydrogens (tertiary/aromatic N) is 1. The lowest BCUT2D eigenvalue weighted by molar-refractivity contribution is 0.0766.